The normalized spacial score (nSPS) is 19.5. The van der Waals surface area contributed by atoms with Crippen molar-refractivity contribution in [3.8, 4) is 0 Å². The van der Waals surface area contributed by atoms with Gasteiger partial charge in [0.2, 0.25) is 5.83 Å². The summed E-state index contributed by atoms with van der Waals surface area (Å²) in [5.74, 6) is -4.85. The van der Waals surface area contributed by atoms with Crippen LogP contribution in [0.2, 0.25) is 0 Å². The monoisotopic (exact) mass is 524 g/mol. The number of thiophene rings is 1. The molecule has 16 heteroatoms. The zero-order valence-corrected chi connectivity index (χ0v) is 15.7. The van der Waals surface area contributed by atoms with Gasteiger partial charge < -0.3 is 5.32 Å². The Bertz CT molecular complexity index is 838. The van der Waals surface area contributed by atoms with E-state index in [1.807, 2.05) is 0 Å². The minimum Gasteiger partial charge on any atom is -0.300 e. The highest BCUT2D eigenvalue weighted by Crippen LogP contribution is 2.59. The number of aliphatic imine (C=N–C) groups is 1. The SMILES string of the molecule is O=C(NC1=NC(C(F)(F)F)(C(F)(F)F)C(=C(F)C(F)(F)F)S1)c1ccc(Br)s1. The molecule has 0 radical (unpaired) electrons. The highest BCUT2D eigenvalue weighted by atomic mass is 79.9. The minimum absolute atomic E-state index is 0.200. The van der Waals surface area contributed by atoms with Gasteiger partial charge in [-0.1, -0.05) is 11.8 Å². The molecule has 1 aromatic rings. The summed E-state index contributed by atoms with van der Waals surface area (Å²) >= 11 is 2.78. The number of nitrogens with zero attached hydrogens (tertiary/aromatic N) is 1. The van der Waals surface area contributed by atoms with Gasteiger partial charge in [-0.25, -0.2) is 9.38 Å². The quantitative estimate of drug-likeness (QED) is 0.461. The molecule has 1 aliphatic rings. The van der Waals surface area contributed by atoms with Crippen LogP contribution >= 0.6 is 39.0 Å². The average molecular weight is 525 g/mol. The van der Waals surface area contributed by atoms with Gasteiger partial charge in [-0.3, -0.25) is 4.79 Å². The molecule has 0 atom stereocenters. The lowest BCUT2D eigenvalue weighted by molar-refractivity contribution is -0.280. The molecule has 0 aromatic carbocycles. The number of carbonyl (C=O) groups excluding carboxylic acids is 1. The summed E-state index contributed by atoms with van der Waals surface area (Å²) < 4.78 is 131. The highest BCUT2D eigenvalue weighted by Gasteiger charge is 2.77. The first-order valence-corrected chi connectivity index (χ1v) is 8.88. The van der Waals surface area contributed by atoms with E-state index in [1.54, 1.807) is 0 Å². The standard InChI is InChI=1S/C12H3BrF10N2OS2/c13-4-2-1-3(27-4)7(26)24-8-25-9(11(18,19)20,12(21,22)23)6(28-8)5(14)10(15,16)17/h1-2H,(H,24,25,26). The van der Waals surface area contributed by atoms with Gasteiger partial charge in [-0.15, -0.1) is 11.3 Å². The molecule has 1 amide bonds. The maximum absolute atomic E-state index is 13.6. The second-order valence-corrected chi connectivity index (χ2v) is 8.39. The van der Waals surface area contributed by atoms with Crippen LogP contribution in [0.5, 0.6) is 0 Å². The fourth-order valence-corrected chi connectivity index (χ4v) is 4.35. The van der Waals surface area contributed by atoms with E-state index in [2.05, 4.69) is 20.9 Å². The number of amides is 1. The van der Waals surface area contributed by atoms with E-state index in [0.717, 1.165) is 17.4 Å². The third kappa shape index (κ3) is 4.03. The van der Waals surface area contributed by atoms with Crippen molar-refractivity contribution in [1.29, 1.82) is 0 Å². The molecule has 0 aliphatic carbocycles. The molecule has 2 heterocycles. The molecular formula is C12H3BrF10N2OS2. The Hall–Kier alpha value is -1.29. The number of amidine groups is 1. The Morgan fingerprint density at radius 3 is 1.96 bits per heavy atom. The summed E-state index contributed by atoms with van der Waals surface area (Å²) in [6, 6.07) is 2.46. The van der Waals surface area contributed by atoms with Crippen LogP contribution in [0.25, 0.3) is 0 Å². The van der Waals surface area contributed by atoms with Gasteiger partial charge in [0, 0.05) is 0 Å². The molecule has 1 N–H and O–H groups in total. The summed E-state index contributed by atoms with van der Waals surface area (Å²) in [4.78, 5) is 11.2. The van der Waals surface area contributed by atoms with Crippen molar-refractivity contribution in [2.24, 2.45) is 4.99 Å². The van der Waals surface area contributed by atoms with Crippen molar-refractivity contribution in [2.75, 3.05) is 0 Å². The Balaban J connectivity index is 2.61. The van der Waals surface area contributed by atoms with Gasteiger partial charge in [0.05, 0.1) is 13.6 Å². The number of rotatable bonds is 1. The maximum Gasteiger partial charge on any atom is 0.443 e. The summed E-state index contributed by atoms with van der Waals surface area (Å²) in [5, 5.41) is 0.0517. The van der Waals surface area contributed by atoms with Crippen LogP contribution in [0.1, 0.15) is 9.67 Å². The van der Waals surface area contributed by atoms with Gasteiger partial charge in [-0.05, 0) is 28.1 Å². The van der Waals surface area contributed by atoms with Gasteiger partial charge in [-0.2, -0.15) is 39.5 Å². The van der Waals surface area contributed by atoms with Crippen LogP contribution in [-0.4, -0.2) is 35.1 Å². The number of carbonyl (C=O) groups is 1. The van der Waals surface area contributed by atoms with Crippen LogP contribution in [0, 0.1) is 0 Å². The number of allylic oxidation sites excluding steroid dienone is 1. The minimum atomic E-state index is -6.48. The Morgan fingerprint density at radius 2 is 1.57 bits per heavy atom. The molecule has 0 spiro atoms. The number of hydrogen-bond acceptors (Lipinski definition) is 4. The molecule has 156 valence electrons. The molecule has 2 rings (SSSR count). The molecule has 0 saturated carbocycles. The van der Waals surface area contributed by atoms with Crippen LogP contribution in [-0.2, 0) is 0 Å². The fourth-order valence-electron chi connectivity index (χ4n) is 1.92. The van der Waals surface area contributed by atoms with E-state index in [4.69, 9.17) is 0 Å². The lowest BCUT2D eigenvalue weighted by Crippen LogP contribution is -2.55. The van der Waals surface area contributed by atoms with E-state index in [9.17, 15) is 48.7 Å². The summed E-state index contributed by atoms with van der Waals surface area (Å²) in [6.07, 6.45) is -19.1. The first-order valence-electron chi connectivity index (χ1n) is 6.46. The molecule has 28 heavy (non-hydrogen) atoms. The van der Waals surface area contributed by atoms with Gasteiger partial charge in [0.15, 0.2) is 5.17 Å². The molecule has 0 fully saturated rings. The zero-order chi connectivity index (χ0) is 21.7. The van der Waals surface area contributed by atoms with Crippen LogP contribution < -0.4 is 5.32 Å². The first kappa shape index (κ1) is 23.0. The number of halogens is 11. The molecule has 1 aromatic heterocycles. The lowest BCUT2D eigenvalue weighted by atomic mass is 9.97. The van der Waals surface area contributed by atoms with Crippen molar-refractivity contribution >= 4 is 50.1 Å². The topological polar surface area (TPSA) is 41.5 Å². The predicted molar refractivity (Wildman–Crippen MR) is 83.5 cm³/mol. The second-order valence-electron chi connectivity index (χ2n) is 4.92. The molecule has 3 nitrogen and oxygen atoms in total. The second kappa shape index (κ2) is 7.19. The Labute approximate surface area is 165 Å². The largest absolute Gasteiger partial charge is 0.443 e. The molecule has 0 saturated heterocycles. The maximum atomic E-state index is 13.6. The van der Waals surface area contributed by atoms with Crippen molar-refractivity contribution in [3.05, 3.63) is 31.5 Å². The Kier molecular flexibility index (Phi) is 5.91. The highest BCUT2D eigenvalue weighted by molar-refractivity contribution is 9.11. The van der Waals surface area contributed by atoms with E-state index >= 15 is 0 Å². The van der Waals surface area contributed by atoms with E-state index in [-0.39, 0.29) is 4.88 Å². The third-order valence-electron chi connectivity index (χ3n) is 3.08. The first-order chi connectivity index (χ1) is 12.5. The lowest BCUT2D eigenvalue weighted by Gasteiger charge is -2.31. The van der Waals surface area contributed by atoms with E-state index in [1.165, 1.54) is 11.4 Å². The zero-order valence-electron chi connectivity index (χ0n) is 12.5. The van der Waals surface area contributed by atoms with Gasteiger partial charge in [0.25, 0.3) is 11.4 Å². The summed E-state index contributed by atoms with van der Waals surface area (Å²) in [5.41, 5.74) is -5.51. The van der Waals surface area contributed by atoms with E-state index in [0.29, 0.717) is 3.79 Å². The number of thioether (sulfide) groups is 1. The smallest absolute Gasteiger partial charge is 0.300 e. The van der Waals surface area contributed by atoms with Crippen LogP contribution in [0.15, 0.2) is 31.6 Å². The van der Waals surface area contributed by atoms with Crippen molar-refractivity contribution in [1.82, 2.24) is 5.32 Å². The molecule has 0 unspecified atom stereocenters. The van der Waals surface area contributed by atoms with E-state index < -0.39 is 57.6 Å². The number of alkyl halides is 9. The Morgan fingerprint density at radius 1 is 1.04 bits per heavy atom. The summed E-state index contributed by atoms with van der Waals surface area (Å²) in [6.45, 7) is 0. The molecule has 0 bridgehead atoms. The van der Waals surface area contributed by atoms with Crippen LogP contribution in [0.4, 0.5) is 43.9 Å². The van der Waals surface area contributed by atoms with Gasteiger partial charge >= 0.3 is 18.5 Å². The van der Waals surface area contributed by atoms with Crippen molar-refractivity contribution in [2.45, 2.75) is 24.1 Å². The summed E-state index contributed by atoms with van der Waals surface area (Å²) in [7, 11) is 0. The molecule has 1 aliphatic heterocycles. The van der Waals surface area contributed by atoms with Crippen molar-refractivity contribution < 1.29 is 48.7 Å². The number of hydrogen-bond donors (Lipinski definition) is 1. The molecular weight excluding hydrogens is 522 g/mol. The van der Waals surface area contributed by atoms with Gasteiger partial charge in [0.1, 0.15) is 0 Å². The fraction of sp³-hybridized carbons (Fsp3) is 0.333. The predicted octanol–water partition coefficient (Wildman–Crippen LogP) is 5.95. The third-order valence-corrected chi connectivity index (χ3v) is 5.77. The van der Waals surface area contributed by atoms with Crippen molar-refractivity contribution in [3.63, 3.8) is 0 Å². The van der Waals surface area contributed by atoms with Crippen LogP contribution in [0.3, 0.4) is 0 Å². The number of nitrogens with one attached hydrogen (secondary N) is 1. The average Bonchev–Trinajstić information content (AvgIpc) is 3.08.